The molecule has 5 heteroatoms. The maximum atomic E-state index is 8.94. The molecule has 2 heterocycles. The van der Waals surface area contributed by atoms with Gasteiger partial charge in [0.05, 0.1) is 0 Å². The van der Waals surface area contributed by atoms with Crippen LogP contribution in [0.1, 0.15) is 31.7 Å². The van der Waals surface area contributed by atoms with E-state index < -0.39 is 0 Å². The smallest absolute Gasteiger partial charge is 0.231 e. The van der Waals surface area contributed by atoms with Crippen molar-refractivity contribution in [2.24, 2.45) is 0 Å². The molecule has 2 unspecified atom stereocenters. The maximum Gasteiger partial charge on any atom is 0.231 e. The van der Waals surface area contributed by atoms with Crippen LogP contribution in [-0.4, -0.2) is 30.5 Å². The van der Waals surface area contributed by atoms with Crippen LogP contribution in [0.4, 0.5) is 0 Å². The second kappa shape index (κ2) is 7.07. The van der Waals surface area contributed by atoms with Gasteiger partial charge >= 0.3 is 0 Å². The summed E-state index contributed by atoms with van der Waals surface area (Å²) in [5.41, 5.74) is 0.455. The Labute approximate surface area is 113 Å². The first-order chi connectivity index (χ1) is 9.33. The Morgan fingerprint density at radius 3 is 3.32 bits per heavy atom. The molecule has 0 bridgehead atoms. The van der Waals surface area contributed by atoms with E-state index in [9.17, 15) is 0 Å². The van der Waals surface area contributed by atoms with Crippen LogP contribution in [0.15, 0.2) is 18.3 Å². The lowest BCUT2D eigenvalue weighted by atomic mass is 10.2. The molecule has 1 fully saturated rings. The van der Waals surface area contributed by atoms with Crippen LogP contribution in [0.5, 0.6) is 5.88 Å². The van der Waals surface area contributed by atoms with E-state index in [2.05, 4.69) is 23.3 Å². The number of unbranched alkanes of at least 4 members (excludes halogenated alkanes) is 1. The van der Waals surface area contributed by atoms with Crippen LogP contribution in [0.25, 0.3) is 0 Å². The van der Waals surface area contributed by atoms with Crippen molar-refractivity contribution >= 4 is 0 Å². The Bertz CT molecular complexity index is 445. The molecule has 1 aliphatic heterocycles. The number of nitrogens with one attached hydrogen (secondary N) is 1. The van der Waals surface area contributed by atoms with Gasteiger partial charge in [-0.25, -0.2) is 4.98 Å². The molecule has 19 heavy (non-hydrogen) atoms. The van der Waals surface area contributed by atoms with Crippen molar-refractivity contribution in [1.29, 1.82) is 5.26 Å². The number of pyridine rings is 1. The Balaban J connectivity index is 1.79. The molecule has 102 valence electrons. The van der Waals surface area contributed by atoms with Crippen LogP contribution >= 0.6 is 0 Å². The van der Waals surface area contributed by atoms with Gasteiger partial charge in [0, 0.05) is 12.7 Å². The standard InChI is InChI=1S/C14H19N3O2/c1-2-3-6-13-17-9-12(19-13)10-18-14-11(8-15)5-4-7-16-14/h4-5,7,12-13,17H,2-3,6,9-10H2,1H3. The van der Waals surface area contributed by atoms with E-state index in [1.807, 2.05) is 0 Å². The van der Waals surface area contributed by atoms with E-state index in [0.29, 0.717) is 18.1 Å². The van der Waals surface area contributed by atoms with E-state index in [4.69, 9.17) is 14.7 Å². The number of hydrogen-bond donors (Lipinski definition) is 1. The third-order valence-electron chi connectivity index (χ3n) is 3.05. The monoisotopic (exact) mass is 261 g/mol. The molecule has 1 aliphatic rings. The van der Waals surface area contributed by atoms with Crippen LogP contribution < -0.4 is 10.1 Å². The highest BCUT2D eigenvalue weighted by molar-refractivity contribution is 5.36. The zero-order chi connectivity index (χ0) is 13.5. The second-order valence-corrected chi connectivity index (χ2v) is 4.58. The summed E-state index contributed by atoms with van der Waals surface area (Å²) in [6, 6.07) is 5.48. The maximum absolute atomic E-state index is 8.94. The van der Waals surface area contributed by atoms with E-state index in [-0.39, 0.29) is 12.3 Å². The van der Waals surface area contributed by atoms with Crippen LogP contribution in [0.2, 0.25) is 0 Å². The lowest BCUT2D eigenvalue weighted by molar-refractivity contribution is 0.0112. The molecule has 0 radical (unpaired) electrons. The quantitative estimate of drug-likeness (QED) is 0.846. The molecule has 1 aromatic heterocycles. The van der Waals surface area contributed by atoms with Crippen molar-refractivity contribution in [3.8, 4) is 11.9 Å². The molecule has 1 N–H and O–H groups in total. The first-order valence-corrected chi connectivity index (χ1v) is 6.70. The van der Waals surface area contributed by atoms with Crippen molar-refractivity contribution in [2.45, 2.75) is 38.5 Å². The average Bonchev–Trinajstić information content (AvgIpc) is 2.91. The number of nitriles is 1. The molecule has 0 spiro atoms. The summed E-state index contributed by atoms with van der Waals surface area (Å²) in [6.45, 7) is 3.37. The number of hydrogen-bond acceptors (Lipinski definition) is 5. The third-order valence-corrected chi connectivity index (χ3v) is 3.05. The molecule has 2 rings (SSSR count). The van der Waals surface area contributed by atoms with Crippen molar-refractivity contribution in [2.75, 3.05) is 13.2 Å². The van der Waals surface area contributed by atoms with Gasteiger partial charge in [0.2, 0.25) is 5.88 Å². The summed E-state index contributed by atoms with van der Waals surface area (Å²) in [5, 5.41) is 12.3. The minimum atomic E-state index is 0.0235. The van der Waals surface area contributed by atoms with Crippen LogP contribution in [0, 0.1) is 11.3 Å². The molecule has 5 nitrogen and oxygen atoms in total. The van der Waals surface area contributed by atoms with Gasteiger partial charge in [-0.3, -0.25) is 5.32 Å². The highest BCUT2D eigenvalue weighted by Crippen LogP contribution is 2.15. The van der Waals surface area contributed by atoms with Crippen LogP contribution in [-0.2, 0) is 4.74 Å². The highest BCUT2D eigenvalue weighted by Gasteiger charge is 2.24. The number of ether oxygens (including phenoxy) is 2. The van der Waals surface area contributed by atoms with Crippen molar-refractivity contribution < 1.29 is 9.47 Å². The van der Waals surface area contributed by atoms with Gasteiger partial charge in [-0.2, -0.15) is 5.26 Å². The van der Waals surface area contributed by atoms with Gasteiger partial charge in [-0.05, 0) is 25.0 Å². The second-order valence-electron chi connectivity index (χ2n) is 4.58. The topological polar surface area (TPSA) is 67.2 Å². The minimum Gasteiger partial charge on any atom is -0.474 e. The molecular weight excluding hydrogens is 242 g/mol. The van der Waals surface area contributed by atoms with Gasteiger partial charge in [-0.1, -0.05) is 13.3 Å². The first-order valence-electron chi connectivity index (χ1n) is 6.70. The molecule has 1 saturated heterocycles. The summed E-state index contributed by atoms with van der Waals surface area (Å²) >= 11 is 0. The fourth-order valence-electron chi connectivity index (χ4n) is 2.01. The van der Waals surface area contributed by atoms with E-state index in [0.717, 1.165) is 19.4 Å². The lowest BCUT2D eigenvalue weighted by Gasteiger charge is -2.13. The van der Waals surface area contributed by atoms with Crippen molar-refractivity contribution in [3.63, 3.8) is 0 Å². The minimum absolute atomic E-state index is 0.0235. The average molecular weight is 261 g/mol. The Hall–Kier alpha value is -1.64. The molecule has 1 aromatic rings. The molecule has 0 aliphatic carbocycles. The van der Waals surface area contributed by atoms with Gasteiger partial charge in [0.15, 0.2) is 0 Å². The van der Waals surface area contributed by atoms with Gasteiger partial charge in [-0.15, -0.1) is 0 Å². The zero-order valence-corrected chi connectivity index (χ0v) is 11.1. The third kappa shape index (κ3) is 3.91. The number of aromatic nitrogens is 1. The van der Waals surface area contributed by atoms with E-state index in [1.165, 1.54) is 6.42 Å². The molecule has 0 amide bonds. The predicted molar refractivity (Wildman–Crippen MR) is 70.6 cm³/mol. The summed E-state index contributed by atoms with van der Waals surface area (Å²) in [7, 11) is 0. The molecular formula is C14H19N3O2. The summed E-state index contributed by atoms with van der Waals surface area (Å²) in [6.07, 6.45) is 5.13. The first kappa shape index (κ1) is 13.8. The molecule has 0 saturated carbocycles. The number of rotatable bonds is 6. The predicted octanol–water partition coefficient (Wildman–Crippen LogP) is 1.84. The van der Waals surface area contributed by atoms with Gasteiger partial charge in [0.25, 0.3) is 0 Å². The van der Waals surface area contributed by atoms with E-state index >= 15 is 0 Å². The summed E-state index contributed by atoms with van der Waals surface area (Å²) in [5.74, 6) is 0.380. The zero-order valence-electron chi connectivity index (χ0n) is 11.1. The van der Waals surface area contributed by atoms with Crippen molar-refractivity contribution in [1.82, 2.24) is 10.3 Å². The largest absolute Gasteiger partial charge is 0.474 e. The number of nitrogens with zero attached hydrogens (tertiary/aromatic N) is 2. The SMILES string of the molecule is CCCCC1NCC(COc2ncccc2C#N)O1. The Morgan fingerprint density at radius 1 is 1.63 bits per heavy atom. The van der Waals surface area contributed by atoms with Gasteiger partial charge in [0.1, 0.15) is 30.6 Å². The van der Waals surface area contributed by atoms with Crippen LogP contribution in [0.3, 0.4) is 0 Å². The Kier molecular flexibility index (Phi) is 5.13. The summed E-state index contributed by atoms with van der Waals surface area (Å²) < 4.78 is 11.4. The Morgan fingerprint density at radius 2 is 2.53 bits per heavy atom. The highest BCUT2D eigenvalue weighted by atomic mass is 16.6. The summed E-state index contributed by atoms with van der Waals surface area (Å²) in [4.78, 5) is 4.06. The molecule has 2 atom stereocenters. The van der Waals surface area contributed by atoms with E-state index in [1.54, 1.807) is 18.3 Å². The van der Waals surface area contributed by atoms with Crippen molar-refractivity contribution in [3.05, 3.63) is 23.9 Å². The molecule has 0 aromatic carbocycles. The lowest BCUT2D eigenvalue weighted by Crippen LogP contribution is -2.22. The fourth-order valence-corrected chi connectivity index (χ4v) is 2.01. The fraction of sp³-hybridized carbons (Fsp3) is 0.571. The van der Waals surface area contributed by atoms with Gasteiger partial charge < -0.3 is 9.47 Å². The normalized spacial score (nSPS) is 22.1.